The first-order chi connectivity index (χ1) is 9.03. The van der Waals surface area contributed by atoms with Crippen molar-refractivity contribution in [3.05, 3.63) is 23.3 Å². The molecule has 5 heteroatoms. The predicted molar refractivity (Wildman–Crippen MR) is 72.9 cm³/mol. The van der Waals surface area contributed by atoms with Crippen LogP contribution in [0.15, 0.2) is 12.1 Å². The summed E-state index contributed by atoms with van der Waals surface area (Å²) in [6, 6.07) is 2.76. The molecule has 0 saturated heterocycles. The normalized spacial score (nSPS) is 12.0. The number of carboxylic acid groups (broad SMARTS) is 1. The smallest absolute Gasteiger partial charge is 0.320 e. The third-order valence-electron chi connectivity index (χ3n) is 2.96. The molecule has 0 aliphatic carbocycles. The fraction of sp³-hybridized carbons (Fsp3) is 0.500. The highest BCUT2D eigenvalue weighted by molar-refractivity contribution is 5.73. The van der Waals surface area contributed by atoms with E-state index in [0.717, 1.165) is 29.7 Å². The van der Waals surface area contributed by atoms with Crippen LogP contribution in [0.5, 0.6) is 11.5 Å². The lowest BCUT2D eigenvalue weighted by molar-refractivity contribution is -0.138. The number of methoxy groups -OCH3 is 2. The molecule has 1 atom stereocenters. The molecule has 5 nitrogen and oxygen atoms in total. The van der Waals surface area contributed by atoms with E-state index < -0.39 is 12.0 Å². The molecule has 0 saturated carbocycles. The number of rotatable bonds is 7. The molecule has 0 aromatic heterocycles. The van der Waals surface area contributed by atoms with E-state index >= 15 is 0 Å². The predicted octanol–water partition coefficient (Wildman–Crippen LogP) is 1.61. The van der Waals surface area contributed by atoms with Crippen LogP contribution >= 0.6 is 0 Å². The zero-order valence-electron chi connectivity index (χ0n) is 11.6. The highest BCUT2D eigenvalue weighted by atomic mass is 16.5. The molecular formula is C14H21NO4. The Morgan fingerprint density at radius 2 is 1.79 bits per heavy atom. The fourth-order valence-electron chi connectivity index (χ4n) is 1.97. The van der Waals surface area contributed by atoms with E-state index in [2.05, 4.69) is 6.92 Å². The first kappa shape index (κ1) is 15.3. The standard InChI is InChI=1S/C14H21NO4/c1-4-5-9-7-13(19-3)10(8-12(9)18-2)6-11(15)14(16)17/h7-8,11H,4-6,15H2,1-3H3,(H,16,17). The van der Waals surface area contributed by atoms with Gasteiger partial charge in [0.15, 0.2) is 0 Å². The maximum atomic E-state index is 10.8. The Labute approximate surface area is 113 Å². The largest absolute Gasteiger partial charge is 0.496 e. The molecule has 0 aliphatic heterocycles. The minimum Gasteiger partial charge on any atom is -0.496 e. The molecule has 0 amide bonds. The van der Waals surface area contributed by atoms with Gasteiger partial charge in [0.1, 0.15) is 17.5 Å². The highest BCUT2D eigenvalue weighted by Gasteiger charge is 2.17. The Bertz CT molecular complexity index is 445. The Morgan fingerprint density at radius 1 is 1.26 bits per heavy atom. The van der Waals surface area contributed by atoms with Gasteiger partial charge in [-0.25, -0.2) is 0 Å². The van der Waals surface area contributed by atoms with Crippen molar-refractivity contribution < 1.29 is 19.4 Å². The molecule has 1 rings (SSSR count). The second-order valence-corrected chi connectivity index (χ2v) is 4.37. The van der Waals surface area contributed by atoms with Crippen molar-refractivity contribution in [3.8, 4) is 11.5 Å². The average Bonchev–Trinajstić information content (AvgIpc) is 2.39. The summed E-state index contributed by atoms with van der Waals surface area (Å²) < 4.78 is 10.6. The van der Waals surface area contributed by atoms with Crippen molar-refractivity contribution in [2.75, 3.05) is 14.2 Å². The minimum absolute atomic E-state index is 0.210. The SMILES string of the molecule is CCCc1cc(OC)c(CC(N)C(=O)O)cc1OC. The van der Waals surface area contributed by atoms with Crippen LogP contribution in [-0.4, -0.2) is 31.3 Å². The van der Waals surface area contributed by atoms with Gasteiger partial charge in [-0.1, -0.05) is 13.3 Å². The van der Waals surface area contributed by atoms with Crippen LogP contribution in [0.4, 0.5) is 0 Å². The van der Waals surface area contributed by atoms with Crippen molar-refractivity contribution in [2.45, 2.75) is 32.2 Å². The molecule has 0 spiro atoms. The molecule has 19 heavy (non-hydrogen) atoms. The van der Waals surface area contributed by atoms with E-state index in [0.29, 0.717) is 5.75 Å². The van der Waals surface area contributed by atoms with Crippen molar-refractivity contribution in [3.63, 3.8) is 0 Å². The number of ether oxygens (including phenoxy) is 2. The third-order valence-corrected chi connectivity index (χ3v) is 2.96. The number of nitrogens with two attached hydrogens (primary N) is 1. The summed E-state index contributed by atoms with van der Waals surface area (Å²) in [5, 5.41) is 8.88. The minimum atomic E-state index is -1.03. The van der Waals surface area contributed by atoms with Gasteiger partial charge < -0.3 is 20.3 Å². The molecule has 1 unspecified atom stereocenters. The van der Waals surface area contributed by atoms with Gasteiger partial charge >= 0.3 is 5.97 Å². The fourth-order valence-corrected chi connectivity index (χ4v) is 1.97. The number of hydrogen-bond acceptors (Lipinski definition) is 4. The molecule has 106 valence electrons. The van der Waals surface area contributed by atoms with Gasteiger partial charge in [0.25, 0.3) is 0 Å². The van der Waals surface area contributed by atoms with Gasteiger partial charge in [-0.3, -0.25) is 4.79 Å². The molecule has 0 fully saturated rings. The van der Waals surface area contributed by atoms with Crippen LogP contribution in [-0.2, 0) is 17.6 Å². The van der Waals surface area contributed by atoms with Gasteiger partial charge in [-0.15, -0.1) is 0 Å². The summed E-state index contributed by atoms with van der Waals surface area (Å²) in [4.78, 5) is 10.8. The van der Waals surface area contributed by atoms with E-state index in [9.17, 15) is 4.79 Å². The van der Waals surface area contributed by atoms with Crippen molar-refractivity contribution in [1.29, 1.82) is 0 Å². The maximum Gasteiger partial charge on any atom is 0.320 e. The lowest BCUT2D eigenvalue weighted by atomic mass is 10.0. The molecule has 1 aromatic rings. The Hall–Kier alpha value is -1.75. The lowest BCUT2D eigenvalue weighted by Crippen LogP contribution is -2.32. The van der Waals surface area contributed by atoms with Crippen LogP contribution < -0.4 is 15.2 Å². The van der Waals surface area contributed by atoms with E-state index in [1.165, 1.54) is 0 Å². The molecule has 0 radical (unpaired) electrons. The van der Waals surface area contributed by atoms with Crippen LogP contribution in [0.2, 0.25) is 0 Å². The van der Waals surface area contributed by atoms with Crippen molar-refractivity contribution >= 4 is 5.97 Å². The second kappa shape index (κ2) is 6.99. The van der Waals surface area contributed by atoms with E-state index in [1.54, 1.807) is 14.2 Å². The van der Waals surface area contributed by atoms with Crippen molar-refractivity contribution in [1.82, 2.24) is 0 Å². The first-order valence-corrected chi connectivity index (χ1v) is 6.25. The first-order valence-electron chi connectivity index (χ1n) is 6.25. The molecule has 0 bridgehead atoms. The molecule has 0 aliphatic rings. The van der Waals surface area contributed by atoms with Crippen LogP contribution in [0.25, 0.3) is 0 Å². The number of carboxylic acids is 1. The third kappa shape index (κ3) is 3.86. The number of aryl methyl sites for hydroxylation is 1. The summed E-state index contributed by atoms with van der Waals surface area (Å²) >= 11 is 0. The monoisotopic (exact) mass is 267 g/mol. The molecule has 0 heterocycles. The molecule has 3 N–H and O–H groups in total. The van der Waals surface area contributed by atoms with Gasteiger partial charge in [0.2, 0.25) is 0 Å². The molecular weight excluding hydrogens is 246 g/mol. The zero-order valence-corrected chi connectivity index (χ0v) is 11.6. The molecule has 1 aromatic carbocycles. The Kier molecular flexibility index (Phi) is 5.63. The summed E-state index contributed by atoms with van der Waals surface area (Å²) in [5.74, 6) is 0.370. The summed E-state index contributed by atoms with van der Waals surface area (Å²) in [6.07, 6.45) is 2.08. The number of carbonyl (C=O) groups is 1. The summed E-state index contributed by atoms with van der Waals surface area (Å²) in [5.41, 5.74) is 7.36. The highest BCUT2D eigenvalue weighted by Crippen LogP contribution is 2.30. The Balaban J connectivity index is 3.12. The van der Waals surface area contributed by atoms with Crippen LogP contribution in [0.1, 0.15) is 24.5 Å². The summed E-state index contributed by atoms with van der Waals surface area (Å²) in [6.45, 7) is 2.08. The Morgan fingerprint density at radius 3 is 2.26 bits per heavy atom. The number of hydrogen-bond donors (Lipinski definition) is 2. The lowest BCUT2D eigenvalue weighted by Gasteiger charge is -2.16. The van der Waals surface area contributed by atoms with Gasteiger partial charge in [0, 0.05) is 6.42 Å². The van der Waals surface area contributed by atoms with E-state index in [1.807, 2.05) is 12.1 Å². The van der Waals surface area contributed by atoms with Crippen molar-refractivity contribution in [2.24, 2.45) is 5.73 Å². The number of aliphatic carboxylic acids is 1. The topological polar surface area (TPSA) is 81.8 Å². The van der Waals surface area contributed by atoms with E-state index in [-0.39, 0.29) is 6.42 Å². The van der Waals surface area contributed by atoms with Crippen LogP contribution in [0.3, 0.4) is 0 Å². The van der Waals surface area contributed by atoms with Crippen LogP contribution in [0, 0.1) is 0 Å². The van der Waals surface area contributed by atoms with Gasteiger partial charge in [-0.05, 0) is 29.7 Å². The average molecular weight is 267 g/mol. The maximum absolute atomic E-state index is 10.8. The zero-order chi connectivity index (χ0) is 14.4. The second-order valence-electron chi connectivity index (χ2n) is 4.37. The van der Waals surface area contributed by atoms with E-state index in [4.69, 9.17) is 20.3 Å². The quantitative estimate of drug-likeness (QED) is 0.784. The van der Waals surface area contributed by atoms with Gasteiger partial charge in [-0.2, -0.15) is 0 Å². The number of benzene rings is 1. The van der Waals surface area contributed by atoms with Gasteiger partial charge in [0.05, 0.1) is 14.2 Å². The summed E-state index contributed by atoms with van der Waals surface area (Å²) in [7, 11) is 3.16.